The number of rotatable bonds is 4. The summed E-state index contributed by atoms with van der Waals surface area (Å²) in [6.07, 6.45) is 1.48. The van der Waals surface area contributed by atoms with E-state index in [0.29, 0.717) is 5.03 Å². The van der Waals surface area contributed by atoms with Crippen LogP contribution in [0.15, 0.2) is 23.4 Å². The van der Waals surface area contributed by atoms with E-state index in [0.717, 1.165) is 11.8 Å². The van der Waals surface area contributed by atoms with Crippen molar-refractivity contribution >= 4 is 23.4 Å². The molecule has 1 atom stereocenters. The molecule has 1 heterocycles. The van der Waals surface area contributed by atoms with E-state index in [2.05, 4.69) is 9.72 Å². The van der Waals surface area contributed by atoms with Crippen LogP contribution in [0.25, 0.3) is 0 Å². The summed E-state index contributed by atoms with van der Waals surface area (Å²) in [6, 6.07) is 2.97. The molecule has 7 heteroatoms. The fourth-order valence-corrected chi connectivity index (χ4v) is 1.67. The molecule has 1 rings (SSSR count). The molecule has 0 aromatic carbocycles. The lowest BCUT2D eigenvalue weighted by atomic mass is 10.4. The quantitative estimate of drug-likeness (QED) is 0.421. The zero-order valence-electron chi connectivity index (χ0n) is 7.97. The smallest absolute Gasteiger partial charge is 0.316 e. The van der Waals surface area contributed by atoms with Crippen LogP contribution < -0.4 is 5.23 Å². The molecule has 2 N–H and O–H groups in total. The van der Waals surface area contributed by atoms with E-state index in [-0.39, 0.29) is 11.4 Å². The van der Waals surface area contributed by atoms with Crippen molar-refractivity contribution in [3.05, 3.63) is 23.5 Å². The van der Waals surface area contributed by atoms with Crippen molar-refractivity contribution in [1.82, 2.24) is 4.98 Å². The van der Waals surface area contributed by atoms with Crippen LogP contribution in [0.1, 0.15) is 0 Å². The van der Waals surface area contributed by atoms with Gasteiger partial charge in [-0.25, -0.2) is 10.2 Å². The first kappa shape index (κ1) is 11.9. The third kappa shape index (κ3) is 3.48. The summed E-state index contributed by atoms with van der Waals surface area (Å²) in [7, 11) is 1.28. The summed E-state index contributed by atoms with van der Waals surface area (Å²) in [6.45, 7) is 0. The Labute approximate surface area is 90.4 Å². The number of nitrogens with zero attached hydrogens (tertiary/aromatic N) is 1. The lowest BCUT2D eigenvalue weighted by Crippen LogP contribution is -2.99. The number of aromatic nitrogens is 1. The highest BCUT2D eigenvalue weighted by atomic mass is 32.2. The summed E-state index contributed by atoms with van der Waals surface area (Å²) < 4.78 is 4.44. The number of hydrogen-bond donors (Lipinski definition) is 2. The SMILES string of the molecule is COC(=O)CSc1ncccc1[NH+]([O-])O. The molecular formula is C8H10N2O4S. The summed E-state index contributed by atoms with van der Waals surface area (Å²) in [5, 5.41) is 18.8. The van der Waals surface area contributed by atoms with Gasteiger partial charge in [-0.15, -0.1) is 0 Å². The van der Waals surface area contributed by atoms with E-state index >= 15 is 0 Å². The van der Waals surface area contributed by atoms with E-state index in [9.17, 15) is 10.0 Å². The van der Waals surface area contributed by atoms with Gasteiger partial charge in [0.15, 0.2) is 10.7 Å². The molecule has 0 aliphatic carbocycles. The topological polar surface area (TPSA) is 86.9 Å². The van der Waals surface area contributed by atoms with Gasteiger partial charge in [0.05, 0.1) is 12.9 Å². The number of esters is 1. The molecule has 0 aliphatic heterocycles. The maximum absolute atomic E-state index is 10.8. The highest BCUT2D eigenvalue weighted by molar-refractivity contribution is 8.00. The second kappa shape index (κ2) is 5.66. The molecule has 0 fully saturated rings. The number of quaternary nitrogens is 1. The molecular weight excluding hydrogens is 220 g/mol. The van der Waals surface area contributed by atoms with Crippen molar-refractivity contribution in [2.75, 3.05) is 12.9 Å². The predicted molar refractivity (Wildman–Crippen MR) is 52.8 cm³/mol. The Morgan fingerprint density at radius 3 is 3.13 bits per heavy atom. The number of thioether (sulfide) groups is 1. The molecule has 1 aromatic rings. The lowest BCUT2D eigenvalue weighted by molar-refractivity contribution is -0.992. The van der Waals surface area contributed by atoms with Gasteiger partial charge in [0.25, 0.3) is 0 Å². The largest absolute Gasteiger partial charge is 0.595 e. The van der Waals surface area contributed by atoms with Crippen molar-refractivity contribution in [1.29, 1.82) is 0 Å². The summed E-state index contributed by atoms with van der Waals surface area (Å²) in [4.78, 5) is 14.7. The molecule has 0 spiro atoms. The van der Waals surface area contributed by atoms with Crippen LogP contribution in [0.3, 0.4) is 0 Å². The minimum absolute atomic E-state index is 0.0494. The Balaban J connectivity index is 2.71. The maximum atomic E-state index is 10.8. The van der Waals surface area contributed by atoms with E-state index in [4.69, 9.17) is 5.21 Å². The highest BCUT2D eigenvalue weighted by Crippen LogP contribution is 2.21. The monoisotopic (exact) mass is 230 g/mol. The van der Waals surface area contributed by atoms with Crippen molar-refractivity contribution in [3.8, 4) is 0 Å². The van der Waals surface area contributed by atoms with Gasteiger partial charge >= 0.3 is 5.97 Å². The third-order valence-corrected chi connectivity index (χ3v) is 2.53. The highest BCUT2D eigenvalue weighted by Gasteiger charge is 2.12. The minimum Gasteiger partial charge on any atom is -0.595 e. The number of ether oxygens (including phenoxy) is 1. The van der Waals surface area contributed by atoms with Crippen molar-refractivity contribution in [3.63, 3.8) is 0 Å². The number of nitrogens with one attached hydrogen (secondary N) is 1. The molecule has 0 saturated heterocycles. The third-order valence-electron chi connectivity index (χ3n) is 1.56. The van der Waals surface area contributed by atoms with E-state index < -0.39 is 11.2 Å². The van der Waals surface area contributed by atoms with Crippen LogP contribution in [-0.4, -0.2) is 29.0 Å². The first-order valence-electron chi connectivity index (χ1n) is 4.03. The van der Waals surface area contributed by atoms with Crippen molar-refractivity contribution < 1.29 is 20.0 Å². The Hall–Kier alpha value is -1.15. The number of carbonyl (C=O) groups is 1. The first-order valence-corrected chi connectivity index (χ1v) is 5.01. The van der Waals surface area contributed by atoms with Gasteiger partial charge in [-0.05, 0) is 6.07 Å². The van der Waals surface area contributed by atoms with Crippen LogP contribution >= 0.6 is 11.8 Å². The molecule has 82 valence electrons. The average molecular weight is 230 g/mol. The first-order chi connectivity index (χ1) is 7.15. The Kier molecular flexibility index (Phi) is 4.50. The Morgan fingerprint density at radius 2 is 2.53 bits per heavy atom. The lowest BCUT2D eigenvalue weighted by Gasteiger charge is -2.13. The minimum atomic E-state index is -1.06. The fourth-order valence-electron chi connectivity index (χ4n) is 0.855. The van der Waals surface area contributed by atoms with Gasteiger partial charge in [0.1, 0.15) is 0 Å². The number of carbonyl (C=O) groups excluding carboxylic acids is 1. The van der Waals surface area contributed by atoms with Gasteiger partial charge in [0, 0.05) is 12.3 Å². The molecule has 1 aromatic heterocycles. The summed E-state index contributed by atoms with van der Waals surface area (Å²) >= 11 is 1.04. The Morgan fingerprint density at radius 1 is 1.80 bits per heavy atom. The molecule has 0 radical (unpaired) electrons. The van der Waals surface area contributed by atoms with Gasteiger partial charge in [-0.1, -0.05) is 11.8 Å². The van der Waals surface area contributed by atoms with E-state index in [1.807, 2.05) is 0 Å². The van der Waals surface area contributed by atoms with Crippen molar-refractivity contribution in [2.24, 2.45) is 0 Å². The zero-order valence-corrected chi connectivity index (χ0v) is 8.78. The van der Waals surface area contributed by atoms with Crippen LogP contribution in [0.4, 0.5) is 5.69 Å². The number of methoxy groups -OCH3 is 1. The molecule has 0 bridgehead atoms. The number of pyridine rings is 1. The van der Waals surface area contributed by atoms with Crippen LogP contribution in [-0.2, 0) is 9.53 Å². The van der Waals surface area contributed by atoms with E-state index in [1.165, 1.54) is 25.4 Å². The van der Waals surface area contributed by atoms with Gasteiger partial charge in [-0.2, -0.15) is 5.23 Å². The fraction of sp³-hybridized carbons (Fsp3) is 0.250. The molecule has 0 aliphatic rings. The normalized spacial score (nSPS) is 12.2. The zero-order chi connectivity index (χ0) is 11.3. The standard InChI is InChI=1S/C8H10N2O4S/c1-14-7(11)5-15-8-6(10(12)13)3-2-4-9-8/h2-4,10,12H,5H2,1H3. The average Bonchev–Trinajstić information content (AvgIpc) is 2.26. The summed E-state index contributed by atoms with van der Waals surface area (Å²) in [5.74, 6) is -0.365. The van der Waals surface area contributed by atoms with Gasteiger partial charge in [0.2, 0.25) is 0 Å². The van der Waals surface area contributed by atoms with E-state index in [1.54, 1.807) is 0 Å². The van der Waals surface area contributed by atoms with Gasteiger partial charge in [-0.3, -0.25) is 4.79 Å². The molecule has 0 amide bonds. The molecule has 0 saturated carbocycles. The predicted octanol–water partition coefficient (Wildman–Crippen LogP) is -0.250. The maximum Gasteiger partial charge on any atom is 0.316 e. The van der Waals surface area contributed by atoms with Crippen LogP contribution in [0, 0.1) is 5.21 Å². The number of hydrogen-bond acceptors (Lipinski definition) is 6. The van der Waals surface area contributed by atoms with Crippen LogP contribution in [0.2, 0.25) is 0 Å². The second-order valence-corrected chi connectivity index (χ2v) is 3.49. The Bertz CT molecular complexity index is 345. The summed E-state index contributed by atoms with van der Waals surface area (Å²) in [5.41, 5.74) is 0.0893. The van der Waals surface area contributed by atoms with Crippen molar-refractivity contribution in [2.45, 2.75) is 5.03 Å². The van der Waals surface area contributed by atoms with Crippen LogP contribution in [0.5, 0.6) is 0 Å². The second-order valence-electron chi connectivity index (χ2n) is 2.53. The van der Waals surface area contributed by atoms with Gasteiger partial charge < -0.3 is 9.94 Å². The molecule has 6 nitrogen and oxygen atoms in total. The molecule has 15 heavy (non-hydrogen) atoms. The molecule has 1 unspecified atom stereocenters.